The summed E-state index contributed by atoms with van der Waals surface area (Å²) < 4.78 is 5.32. The SMILES string of the molecule is NN/C(C(=O)O)=C(\N)Oc1ccc(-c2ccc3cnccc3c2)cc1. The number of hydrogen-bond acceptors (Lipinski definition) is 6. The number of carboxylic acids is 1. The van der Waals surface area contributed by atoms with Crippen LogP contribution in [0.15, 0.2) is 72.5 Å². The summed E-state index contributed by atoms with van der Waals surface area (Å²) >= 11 is 0. The molecule has 7 nitrogen and oxygen atoms in total. The van der Waals surface area contributed by atoms with Crippen molar-refractivity contribution in [2.24, 2.45) is 11.6 Å². The molecule has 1 heterocycles. The van der Waals surface area contributed by atoms with Crippen LogP contribution in [0.1, 0.15) is 0 Å². The topological polar surface area (TPSA) is 123 Å². The summed E-state index contributed by atoms with van der Waals surface area (Å²) in [4.78, 5) is 15.0. The van der Waals surface area contributed by atoms with Gasteiger partial charge in [-0.3, -0.25) is 10.8 Å². The lowest BCUT2D eigenvalue weighted by molar-refractivity contribution is -0.133. The molecule has 1 aromatic heterocycles. The lowest BCUT2D eigenvalue weighted by Crippen LogP contribution is -2.31. The monoisotopic (exact) mass is 336 g/mol. The third-order valence-corrected chi connectivity index (χ3v) is 3.66. The van der Waals surface area contributed by atoms with Gasteiger partial charge in [0.15, 0.2) is 5.70 Å². The molecule has 7 heteroatoms. The Morgan fingerprint density at radius 2 is 1.76 bits per heavy atom. The molecule has 0 aliphatic heterocycles. The van der Waals surface area contributed by atoms with Gasteiger partial charge in [-0.05, 0) is 40.8 Å². The molecule has 3 rings (SSSR count). The summed E-state index contributed by atoms with van der Waals surface area (Å²) in [5.41, 5.74) is 9.23. The van der Waals surface area contributed by atoms with Crippen molar-refractivity contribution < 1.29 is 14.6 Å². The van der Waals surface area contributed by atoms with Crippen molar-refractivity contribution in [2.45, 2.75) is 0 Å². The van der Waals surface area contributed by atoms with Gasteiger partial charge in [-0.15, -0.1) is 0 Å². The van der Waals surface area contributed by atoms with Gasteiger partial charge in [0.25, 0.3) is 0 Å². The molecule has 0 aliphatic carbocycles. The Balaban J connectivity index is 1.85. The molecule has 0 amide bonds. The first kappa shape index (κ1) is 16.3. The Morgan fingerprint density at radius 1 is 1.04 bits per heavy atom. The van der Waals surface area contributed by atoms with E-state index in [1.807, 2.05) is 42.0 Å². The Bertz CT molecular complexity index is 952. The van der Waals surface area contributed by atoms with Crippen molar-refractivity contribution in [1.29, 1.82) is 0 Å². The summed E-state index contributed by atoms with van der Waals surface area (Å²) in [6.07, 6.45) is 3.57. The fraction of sp³-hybridized carbons (Fsp3) is 0. The lowest BCUT2D eigenvalue weighted by Gasteiger charge is -2.10. The highest BCUT2D eigenvalue weighted by Gasteiger charge is 2.13. The summed E-state index contributed by atoms with van der Waals surface area (Å²) in [6.45, 7) is 0. The smallest absolute Gasteiger partial charge is 0.358 e. The fourth-order valence-corrected chi connectivity index (χ4v) is 2.39. The van der Waals surface area contributed by atoms with Gasteiger partial charge < -0.3 is 21.0 Å². The molecule has 25 heavy (non-hydrogen) atoms. The zero-order chi connectivity index (χ0) is 17.8. The minimum Gasteiger partial charge on any atom is -0.476 e. The largest absolute Gasteiger partial charge is 0.476 e. The van der Waals surface area contributed by atoms with Crippen LogP contribution >= 0.6 is 0 Å². The standard InChI is InChI=1S/C18H16N4O3/c19-17(16(22-20)18(23)24)25-15-5-3-11(4-6-15)12-1-2-14-10-21-8-7-13(14)9-12/h1-10,22H,19-20H2,(H,23,24)/b17-16+. The second-order valence-corrected chi connectivity index (χ2v) is 5.25. The molecule has 0 saturated heterocycles. The average Bonchev–Trinajstić information content (AvgIpc) is 2.62. The number of rotatable bonds is 5. The van der Waals surface area contributed by atoms with E-state index in [1.165, 1.54) is 0 Å². The molecule has 0 aliphatic rings. The maximum absolute atomic E-state index is 10.9. The minimum atomic E-state index is -1.30. The number of nitrogens with one attached hydrogen (secondary N) is 1. The Kier molecular flexibility index (Phi) is 4.49. The number of hydrogen-bond donors (Lipinski definition) is 4. The van der Waals surface area contributed by atoms with Crippen LogP contribution in [0.5, 0.6) is 5.75 Å². The number of carbonyl (C=O) groups is 1. The van der Waals surface area contributed by atoms with Crippen LogP contribution in [0.3, 0.4) is 0 Å². The second kappa shape index (κ2) is 6.90. The molecule has 0 fully saturated rings. The molecule has 126 valence electrons. The number of aliphatic carboxylic acids is 1. The molecule has 2 aromatic carbocycles. The van der Waals surface area contributed by atoms with E-state index in [1.54, 1.807) is 18.3 Å². The Hall–Kier alpha value is -3.58. The third-order valence-electron chi connectivity index (χ3n) is 3.66. The van der Waals surface area contributed by atoms with Crippen LogP contribution in [-0.4, -0.2) is 16.1 Å². The highest BCUT2D eigenvalue weighted by molar-refractivity contribution is 5.87. The molecule has 0 unspecified atom stereocenters. The first-order valence-electron chi connectivity index (χ1n) is 7.40. The quantitative estimate of drug-likeness (QED) is 0.243. The molecule has 0 spiro atoms. The van der Waals surface area contributed by atoms with Crippen LogP contribution in [0.2, 0.25) is 0 Å². The molecular weight excluding hydrogens is 320 g/mol. The summed E-state index contributed by atoms with van der Waals surface area (Å²) in [5, 5.41) is 11.1. The number of carboxylic acid groups (broad SMARTS) is 1. The lowest BCUT2D eigenvalue weighted by atomic mass is 10.0. The van der Waals surface area contributed by atoms with Gasteiger partial charge >= 0.3 is 5.97 Å². The number of nitrogens with zero attached hydrogens (tertiary/aromatic N) is 1. The van der Waals surface area contributed by atoms with Gasteiger partial charge in [-0.2, -0.15) is 0 Å². The van der Waals surface area contributed by atoms with E-state index in [-0.39, 0.29) is 5.88 Å². The number of hydrazine groups is 1. The third kappa shape index (κ3) is 3.51. The van der Waals surface area contributed by atoms with E-state index < -0.39 is 11.7 Å². The molecule has 0 radical (unpaired) electrons. The number of nitrogens with two attached hydrogens (primary N) is 2. The Labute approximate surface area is 143 Å². The molecule has 0 bridgehead atoms. The number of fused-ring (bicyclic) bond motifs is 1. The predicted molar refractivity (Wildman–Crippen MR) is 94.0 cm³/mol. The van der Waals surface area contributed by atoms with Crippen molar-refractivity contribution in [2.75, 3.05) is 0 Å². The van der Waals surface area contributed by atoms with Crippen molar-refractivity contribution in [3.8, 4) is 16.9 Å². The Morgan fingerprint density at radius 3 is 2.44 bits per heavy atom. The predicted octanol–water partition coefficient (Wildman–Crippen LogP) is 1.96. The van der Waals surface area contributed by atoms with E-state index in [4.69, 9.17) is 21.4 Å². The minimum absolute atomic E-state index is 0.319. The molecule has 6 N–H and O–H groups in total. The van der Waals surface area contributed by atoms with E-state index in [0.29, 0.717) is 5.75 Å². The zero-order valence-corrected chi connectivity index (χ0v) is 13.1. The summed E-state index contributed by atoms with van der Waals surface area (Å²) in [5.74, 6) is 3.90. The van der Waals surface area contributed by atoms with Gasteiger partial charge in [-0.25, -0.2) is 4.79 Å². The molecular formula is C18H16N4O3. The highest BCUT2D eigenvalue weighted by Crippen LogP contribution is 2.26. The number of aromatic nitrogens is 1. The normalized spacial score (nSPS) is 11.7. The number of pyridine rings is 1. The van der Waals surface area contributed by atoms with Gasteiger partial charge in [0, 0.05) is 17.8 Å². The van der Waals surface area contributed by atoms with Crippen molar-refractivity contribution in [3.05, 3.63) is 72.5 Å². The van der Waals surface area contributed by atoms with Crippen LogP contribution in [-0.2, 0) is 4.79 Å². The number of ether oxygens (including phenoxy) is 1. The molecule has 3 aromatic rings. The van der Waals surface area contributed by atoms with E-state index in [2.05, 4.69) is 11.1 Å². The maximum Gasteiger partial charge on any atom is 0.358 e. The van der Waals surface area contributed by atoms with Crippen molar-refractivity contribution >= 4 is 16.7 Å². The van der Waals surface area contributed by atoms with Gasteiger partial charge in [-0.1, -0.05) is 24.3 Å². The van der Waals surface area contributed by atoms with Crippen LogP contribution in [0.4, 0.5) is 0 Å². The zero-order valence-electron chi connectivity index (χ0n) is 13.1. The summed E-state index contributed by atoms with van der Waals surface area (Å²) in [6, 6.07) is 15.2. The first-order chi connectivity index (χ1) is 12.1. The first-order valence-corrected chi connectivity index (χ1v) is 7.40. The van der Waals surface area contributed by atoms with Gasteiger partial charge in [0.2, 0.25) is 5.88 Å². The van der Waals surface area contributed by atoms with E-state index in [0.717, 1.165) is 21.9 Å². The van der Waals surface area contributed by atoms with E-state index >= 15 is 0 Å². The van der Waals surface area contributed by atoms with Crippen LogP contribution in [0, 0.1) is 0 Å². The average molecular weight is 336 g/mol. The maximum atomic E-state index is 10.9. The number of benzene rings is 2. The molecule has 0 saturated carbocycles. The van der Waals surface area contributed by atoms with E-state index in [9.17, 15) is 4.79 Å². The van der Waals surface area contributed by atoms with Crippen molar-refractivity contribution in [3.63, 3.8) is 0 Å². The van der Waals surface area contributed by atoms with Crippen LogP contribution in [0.25, 0.3) is 21.9 Å². The van der Waals surface area contributed by atoms with Gasteiger partial charge in [0.05, 0.1) is 0 Å². The second-order valence-electron chi connectivity index (χ2n) is 5.25. The molecule has 0 atom stereocenters. The fourth-order valence-electron chi connectivity index (χ4n) is 2.39. The van der Waals surface area contributed by atoms with Gasteiger partial charge in [0.1, 0.15) is 5.75 Å². The summed E-state index contributed by atoms with van der Waals surface area (Å²) in [7, 11) is 0. The van der Waals surface area contributed by atoms with Crippen molar-refractivity contribution in [1.82, 2.24) is 10.4 Å². The highest BCUT2D eigenvalue weighted by atomic mass is 16.5. The van der Waals surface area contributed by atoms with Crippen LogP contribution < -0.4 is 21.7 Å².